The van der Waals surface area contributed by atoms with Crippen molar-refractivity contribution in [1.29, 1.82) is 0 Å². The Morgan fingerprint density at radius 2 is 1.73 bits per heavy atom. The van der Waals surface area contributed by atoms with Gasteiger partial charge in [0.25, 0.3) is 0 Å². The molecule has 2 fully saturated rings. The molecule has 0 atom stereocenters. The van der Waals surface area contributed by atoms with Crippen LogP contribution in [0.5, 0.6) is 0 Å². The summed E-state index contributed by atoms with van der Waals surface area (Å²) >= 11 is 0. The van der Waals surface area contributed by atoms with Crippen LogP contribution >= 0.6 is 0 Å². The maximum atomic E-state index is 6.01. The van der Waals surface area contributed by atoms with Crippen LogP contribution < -0.4 is 11.1 Å². The van der Waals surface area contributed by atoms with Gasteiger partial charge >= 0.3 is 0 Å². The number of nitrogens with zero attached hydrogens (tertiary/aromatic N) is 1. The summed E-state index contributed by atoms with van der Waals surface area (Å²) in [7, 11) is 0. The summed E-state index contributed by atoms with van der Waals surface area (Å²) in [6.45, 7) is 6.85. The van der Waals surface area contributed by atoms with Crippen LogP contribution in [0, 0.1) is 5.41 Å². The minimum absolute atomic E-state index is 0.454. The molecule has 1 heterocycles. The summed E-state index contributed by atoms with van der Waals surface area (Å²) in [4.78, 5) is 2.61. The first-order valence-corrected chi connectivity index (χ1v) is 6.48. The average Bonchev–Trinajstić information content (AvgIpc) is 2.32. The van der Waals surface area contributed by atoms with Crippen molar-refractivity contribution in [2.75, 3.05) is 39.3 Å². The van der Waals surface area contributed by atoms with Gasteiger partial charge in [-0.25, -0.2) is 0 Å². The van der Waals surface area contributed by atoms with Crippen LogP contribution in [0.25, 0.3) is 0 Å². The van der Waals surface area contributed by atoms with Crippen LogP contribution in [0.2, 0.25) is 0 Å². The van der Waals surface area contributed by atoms with Gasteiger partial charge in [0, 0.05) is 32.7 Å². The van der Waals surface area contributed by atoms with Gasteiger partial charge in [0.2, 0.25) is 0 Å². The summed E-state index contributed by atoms with van der Waals surface area (Å²) in [5, 5.41) is 3.41. The molecule has 1 aliphatic heterocycles. The fourth-order valence-electron chi connectivity index (χ4n) is 3.07. The van der Waals surface area contributed by atoms with Crippen LogP contribution in [0.4, 0.5) is 0 Å². The second-order valence-electron chi connectivity index (χ2n) is 5.29. The lowest BCUT2D eigenvalue weighted by molar-refractivity contribution is 0.102. The van der Waals surface area contributed by atoms with E-state index >= 15 is 0 Å². The highest BCUT2D eigenvalue weighted by atomic mass is 15.2. The Labute approximate surface area is 93.4 Å². The van der Waals surface area contributed by atoms with E-state index in [0.717, 1.165) is 19.6 Å². The summed E-state index contributed by atoms with van der Waals surface area (Å²) in [5.74, 6) is 0. The van der Waals surface area contributed by atoms with Gasteiger partial charge in [-0.2, -0.15) is 0 Å². The molecule has 88 valence electrons. The smallest absolute Gasteiger partial charge is 0.0108 e. The summed E-state index contributed by atoms with van der Waals surface area (Å²) in [6, 6.07) is 0. The molecule has 2 rings (SSSR count). The van der Waals surface area contributed by atoms with Crippen LogP contribution in [0.1, 0.15) is 32.1 Å². The third-order valence-electron chi connectivity index (χ3n) is 4.12. The summed E-state index contributed by atoms with van der Waals surface area (Å²) in [6.07, 6.45) is 6.91. The minimum atomic E-state index is 0.454. The molecule has 1 aliphatic carbocycles. The summed E-state index contributed by atoms with van der Waals surface area (Å²) < 4.78 is 0. The van der Waals surface area contributed by atoms with Gasteiger partial charge in [0.05, 0.1) is 0 Å². The van der Waals surface area contributed by atoms with Gasteiger partial charge in [-0.1, -0.05) is 19.3 Å². The van der Waals surface area contributed by atoms with Crippen molar-refractivity contribution in [3.05, 3.63) is 0 Å². The molecule has 2 aliphatic rings. The standard InChI is InChI=1S/C12H25N3/c13-10-12(4-2-1-3-5-12)11-15-8-6-14-7-9-15/h14H,1-11,13H2. The van der Waals surface area contributed by atoms with Gasteiger partial charge in [-0.15, -0.1) is 0 Å². The Hall–Kier alpha value is -0.120. The predicted molar refractivity (Wildman–Crippen MR) is 63.9 cm³/mol. The third kappa shape index (κ3) is 2.92. The van der Waals surface area contributed by atoms with E-state index in [1.54, 1.807) is 0 Å². The number of nitrogens with one attached hydrogen (secondary N) is 1. The van der Waals surface area contributed by atoms with Crippen molar-refractivity contribution in [1.82, 2.24) is 10.2 Å². The predicted octanol–water partition coefficient (Wildman–Crippen LogP) is 0.801. The zero-order valence-corrected chi connectivity index (χ0v) is 9.80. The lowest BCUT2D eigenvalue weighted by atomic mass is 9.73. The molecule has 0 aromatic carbocycles. The van der Waals surface area contributed by atoms with E-state index in [0.29, 0.717) is 5.41 Å². The first-order chi connectivity index (χ1) is 7.35. The highest BCUT2D eigenvalue weighted by Gasteiger charge is 2.32. The number of rotatable bonds is 3. The first-order valence-electron chi connectivity index (χ1n) is 6.48. The van der Waals surface area contributed by atoms with E-state index in [1.807, 2.05) is 0 Å². The Morgan fingerprint density at radius 1 is 1.07 bits per heavy atom. The molecule has 1 saturated heterocycles. The number of nitrogens with two attached hydrogens (primary N) is 1. The van der Waals surface area contributed by atoms with Gasteiger partial charge in [0.15, 0.2) is 0 Å². The van der Waals surface area contributed by atoms with Crippen molar-refractivity contribution in [3.8, 4) is 0 Å². The lowest BCUT2D eigenvalue weighted by Gasteiger charge is -2.41. The Balaban J connectivity index is 1.87. The molecule has 0 amide bonds. The molecule has 3 heteroatoms. The Bertz CT molecular complexity index is 181. The van der Waals surface area contributed by atoms with Crippen molar-refractivity contribution < 1.29 is 0 Å². The van der Waals surface area contributed by atoms with E-state index in [2.05, 4.69) is 10.2 Å². The number of hydrogen-bond acceptors (Lipinski definition) is 3. The molecule has 3 N–H and O–H groups in total. The molecule has 0 aromatic rings. The molecule has 3 nitrogen and oxygen atoms in total. The fraction of sp³-hybridized carbons (Fsp3) is 1.00. The first kappa shape index (κ1) is 11.4. The van der Waals surface area contributed by atoms with E-state index in [1.165, 1.54) is 51.7 Å². The van der Waals surface area contributed by atoms with Gasteiger partial charge < -0.3 is 16.0 Å². The van der Waals surface area contributed by atoms with Crippen molar-refractivity contribution in [3.63, 3.8) is 0 Å². The third-order valence-corrected chi connectivity index (χ3v) is 4.12. The van der Waals surface area contributed by atoms with Gasteiger partial charge in [0.1, 0.15) is 0 Å². The molecule has 15 heavy (non-hydrogen) atoms. The highest BCUT2D eigenvalue weighted by molar-refractivity contribution is 4.87. The molecule has 0 aromatic heterocycles. The zero-order chi connectivity index (χ0) is 10.6. The van der Waals surface area contributed by atoms with Crippen molar-refractivity contribution in [2.24, 2.45) is 11.1 Å². The molecule has 0 spiro atoms. The maximum Gasteiger partial charge on any atom is 0.0108 e. The topological polar surface area (TPSA) is 41.3 Å². The average molecular weight is 211 g/mol. The zero-order valence-electron chi connectivity index (χ0n) is 9.80. The number of piperazine rings is 1. The normalized spacial score (nSPS) is 27.8. The van der Waals surface area contributed by atoms with Crippen LogP contribution in [-0.2, 0) is 0 Å². The monoisotopic (exact) mass is 211 g/mol. The number of hydrogen-bond donors (Lipinski definition) is 2. The van der Waals surface area contributed by atoms with E-state index in [9.17, 15) is 0 Å². The van der Waals surface area contributed by atoms with E-state index in [-0.39, 0.29) is 0 Å². The minimum Gasteiger partial charge on any atom is -0.330 e. The Kier molecular flexibility index (Phi) is 4.00. The second-order valence-corrected chi connectivity index (χ2v) is 5.29. The summed E-state index contributed by atoms with van der Waals surface area (Å²) in [5.41, 5.74) is 6.47. The van der Waals surface area contributed by atoms with Crippen molar-refractivity contribution in [2.45, 2.75) is 32.1 Å². The largest absolute Gasteiger partial charge is 0.330 e. The van der Waals surface area contributed by atoms with Gasteiger partial charge in [-0.05, 0) is 24.8 Å². The molecular formula is C12H25N3. The quantitative estimate of drug-likeness (QED) is 0.725. The SMILES string of the molecule is NCC1(CN2CCNCC2)CCCCC1. The molecule has 0 bridgehead atoms. The van der Waals surface area contributed by atoms with E-state index < -0.39 is 0 Å². The van der Waals surface area contributed by atoms with Crippen LogP contribution in [0.15, 0.2) is 0 Å². The Morgan fingerprint density at radius 3 is 2.33 bits per heavy atom. The highest BCUT2D eigenvalue weighted by Crippen LogP contribution is 2.36. The molecule has 0 radical (unpaired) electrons. The molecule has 0 unspecified atom stereocenters. The molecular weight excluding hydrogens is 186 g/mol. The maximum absolute atomic E-state index is 6.01. The van der Waals surface area contributed by atoms with Gasteiger partial charge in [-0.3, -0.25) is 0 Å². The lowest BCUT2D eigenvalue weighted by Crippen LogP contribution is -2.50. The molecule has 1 saturated carbocycles. The van der Waals surface area contributed by atoms with Crippen LogP contribution in [0.3, 0.4) is 0 Å². The van der Waals surface area contributed by atoms with Crippen molar-refractivity contribution >= 4 is 0 Å². The second kappa shape index (κ2) is 5.28. The van der Waals surface area contributed by atoms with E-state index in [4.69, 9.17) is 5.73 Å². The fourth-order valence-corrected chi connectivity index (χ4v) is 3.07. The van der Waals surface area contributed by atoms with Crippen LogP contribution in [-0.4, -0.2) is 44.2 Å².